The topological polar surface area (TPSA) is 75.7 Å². The first kappa shape index (κ1) is 21.9. The number of carbonyl (C=O) groups is 1. The van der Waals surface area contributed by atoms with Gasteiger partial charge in [-0.05, 0) is 43.9 Å². The van der Waals surface area contributed by atoms with Crippen molar-refractivity contribution < 1.29 is 31.1 Å². The van der Waals surface area contributed by atoms with E-state index in [0.717, 1.165) is 32.1 Å². The average molecular weight is 434 g/mol. The van der Waals surface area contributed by atoms with Gasteiger partial charge in [0, 0.05) is 19.0 Å². The Labute approximate surface area is 168 Å². The van der Waals surface area contributed by atoms with Crippen LogP contribution in [0.5, 0.6) is 5.75 Å². The van der Waals surface area contributed by atoms with Crippen LogP contribution in [-0.4, -0.2) is 44.5 Å². The minimum absolute atomic E-state index is 0.0508. The van der Waals surface area contributed by atoms with Crippen molar-refractivity contribution in [3.8, 4) is 5.75 Å². The predicted molar refractivity (Wildman–Crippen MR) is 101 cm³/mol. The molecule has 2 fully saturated rings. The maximum atomic E-state index is 12.8. The number of benzene rings is 1. The number of carbonyl (C=O) groups excluding carboxylic acids is 1. The smallest absolute Gasteiger partial charge is 0.422 e. The number of rotatable bonds is 6. The van der Waals surface area contributed by atoms with E-state index < -0.39 is 22.8 Å². The molecule has 1 saturated carbocycles. The lowest BCUT2D eigenvalue weighted by Crippen LogP contribution is -2.28. The van der Waals surface area contributed by atoms with E-state index in [1.54, 1.807) is 0 Å². The monoisotopic (exact) mass is 434 g/mol. The Bertz CT molecular complexity index is 830. The Morgan fingerprint density at radius 2 is 1.76 bits per heavy atom. The molecule has 6 nitrogen and oxygen atoms in total. The number of sulfonamides is 1. The van der Waals surface area contributed by atoms with Crippen LogP contribution < -0.4 is 10.1 Å². The summed E-state index contributed by atoms with van der Waals surface area (Å²) in [6.45, 7) is -0.728. The van der Waals surface area contributed by atoms with E-state index in [1.807, 2.05) is 0 Å². The molecule has 1 saturated heterocycles. The van der Waals surface area contributed by atoms with Gasteiger partial charge in [0.2, 0.25) is 15.9 Å². The van der Waals surface area contributed by atoms with Crippen LogP contribution in [0.2, 0.25) is 0 Å². The molecule has 1 aliphatic heterocycles. The SMILES string of the molecule is O=C(Nc1cc(S(=O)(=O)N2CCCC2)ccc1OCC(F)(F)F)C1CCCCC1. The summed E-state index contributed by atoms with van der Waals surface area (Å²) < 4.78 is 69.5. The van der Waals surface area contributed by atoms with Gasteiger partial charge >= 0.3 is 6.18 Å². The van der Waals surface area contributed by atoms with Crippen LogP contribution in [0.4, 0.5) is 18.9 Å². The molecule has 1 N–H and O–H groups in total. The van der Waals surface area contributed by atoms with Crippen molar-refractivity contribution in [2.75, 3.05) is 25.0 Å². The number of amides is 1. The van der Waals surface area contributed by atoms with Crippen LogP contribution in [0.1, 0.15) is 44.9 Å². The van der Waals surface area contributed by atoms with Crippen LogP contribution in [-0.2, 0) is 14.8 Å². The number of halogens is 3. The highest BCUT2D eigenvalue weighted by atomic mass is 32.2. The lowest BCUT2D eigenvalue weighted by atomic mass is 9.88. The van der Waals surface area contributed by atoms with E-state index in [9.17, 15) is 26.4 Å². The third-order valence-electron chi connectivity index (χ3n) is 5.28. The average Bonchev–Trinajstić information content (AvgIpc) is 3.22. The largest absolute Gasteiger partial charge is 0.482 e. The number of hydrogen-bond donors (Lipinski definition) is 1. The van der Waals surface area contributed by atoms with Crippen molar-refractivity contribution in [3.63, 3.8) is 0 Å². The Balaban J connectivity index is 1.86. The summed E-state index contributed by atoms with van der Waals surface area (Å²) in [5.41, 5.74) is -0.0508. The highest BCUT2D eigenvalue weighted by molar-refractivity contribution is 7.89. The van der Waals surface area contributed by atoms with E-state index >= 15 is 0 Å². The van der Waals surface area contributed by atoms with Crippen LogP contribution in [0, 0.1) is 5.92 Å². The van der Waals surface area contributed by atoms with Crippen LogP contribution >= 0.6 is 0 Å². The molecule has 1 heterocycles. The second kappa shape index (κ2) is 8.91. The Morgan fingerprint density at radius 1 is 1.10 bits per heavy atom. The Kier molecular flexibility index (Phi) is 6.72. The summed E-state index contributed by atoms with van der Waals surface area (Å²) in [4.78, 5) is 12.5. The molecule has 1 amide bonds. The van der Waals surface area contributed by atoms with Gasteiger partial charge in [-0.2, -0.15) is 17.5 Å². The number of anilines is 1. The second-order valence-electron chi connectivity index (χ2n) is 7.50. The summed E-state index contributed by atoms with van der Waals surface area (Å²) in [5, 5.41) is 2.61. The number of hydrogen-bond acceptors (Lipinski definition) is 4. The number of alkyl halides is 3. The van der Waals surface area contributed by atoms with Crippen LogP contribution in [0.3, 0.4) is 0 Å². The fraction of sp³-hybridized carbons (Fsp3) is 0.632. The number of nitrogens with zero attached hydrogens (tertiary/aromatic N) is 1. The zero-order valence-corrected chi connectivity index (χ0v) is 16.8. The van der Waals surface area contributed by atoms with Crippen molar-refractivity contribution in [3.05, 3.63) is 18.2 Å². The molecule has 1 aliphatic carbocycles. The molecule has 0 spiro atoms. The second-order valence-corrected chi connectivity index (χ2v) is 9.44. The summed E-state index contributed by atoms with van der Waals surface area (Å²) in [7, 11) is -3.78. The lowest BCUT2D eigenvalue weighted by molar-refractivity contribution is -0.153. The predicted octanol–water partition coefficient (Wildman–Crippen LogP) is 3.93. The summed E-state index contributed by atoms with van der Waals surface area (Å²) in [6, 6.07) is 3.58. The molecule has 0 atom stereocenters. The third-order valence-corrected chi connectivity index (χ3v) is 7.17. The van der Waals surface area contributed by atoms with E-state index in [2.05, 4.69) is 5.32 Å². The summed E-state index contributed by atoms with van der Waals surface area (Å²) >= 11 is 0. The molecule has 0 aromatic heterocycles. The molecule has 29 heavy (non-hydrogen) atoms. The van der Waals surface area contributed by atoms with Crippen LogP contribution in [0.25, 0.3) is 0 Å². The van der Waals surface area contributed by atoms with Gasteiger partial charge in [0.15, 0.2) is 6.61 Å². The van der Waals surface area contributed by atoms with Crippen LogP contribution in [0.15, 0.2) is 23.1 Å². The Morgan fingerprint density at radius 3 is 2.38 bits per heavy atom. The van der Waals surface area contributed by atoms with Gasteiger partial charge in [-0.25, -0.2) is 8.42 Å². The fourth-order valence-electron chi connectivity index (χ4n) is 3.73. The van der Waals surface area contributed by atoms with Gasteiger partial charge in [-0.1, -0.05) is 19.3 Å². The molecule has 162 valence electrons. The first-order valence-electron chi connectivity index (χ1n) is 9.81. The minimum atomic E-state index is -4.55. The minimum Gasteiger partial charge on any atom is -0.482 e. The zero-order chi connectivity index (χ0) is 21.1. The molecular weight excluding hydrogens is 409 g/mol. The molecule has 1 aromatic rings. The molecule has 3 rings (SSSR count). The van der Waals surface area contributed by atoms with Crippen molar-refractivity contribution >= 4 is 21.6 Å². The van der Waals surface area contributed by atoms with Gasteiger partial charge < -0.3 is 10.1 Å². The van der Waals surface area contributed by atoms with Crippen molar-refractivity contribution in [1.29, 1.82) is 0 Å². The molecule has 2 aliphatic rings. The van der Waals surface area contributed by atoms with E-state index in [4.69, 9.17) is 4.74 Å². The van der Waals surface area contributed by atoms with Crippen molar-refractivity contribution in [2.45, 2.75) is 56.0 Å². The van der Waals surface area contributed by atoms with E-state index in [-0.39, 0.29) is 28.2 Å². The maximum Gasteiger partial charge on any atom is 0.422 e. The quantitative estimate of drug-likeness (QED) is 0.736. The number of nitrogens with one attached hydrogen (secondary N) is 1. The first-order chi connectivity index (χ1) is 13.7. The van der Waals surface area contributed by atoms with E-state index in [0.29, 0.717) is 25.9 Å². The maximum absolute atomic E-state index is 12.8. The standard InChI is InChI=1S/C19H25F3N2O4S/c20-19(21,22)13-28-17-9-8-15(29(26,27)24-10-4-5-11-24)12-16(17)23-18(25)14-6-2-1-3-7-14/h8-9,12,14H,1-7,10-11,13H2,(H,23,25). The molecule has 0 radical (unpaired) electrons. The summed E-state index contributed by atoms with van der Waals surface area (Å²) in [5.74, 6) is -0.762. The fourth-order valence-corrected chi connectivity index (χ4v) is 5.27. The van der Waals surface area contributed by atoms with Gasteiger partial charge in [0.05, 0.1) is 10.6 Å². The molecular formula is C19H25F3N2O4S. The third kappa shape index (κ3) is 5.63. The molecule has 1 aromatic carbocycles. The van der Waals surface area contributed by atoms with Gasteiger partial charge in [-0.3, -0.25) is 4.79 Å². The van der Waals surface area contributed by atoms with E-state index in [1.165, 1.54) is 22.5 Å². The molecule has 0 unspecified atom stereocenters. The van der Waals surface area contributed by atoms with Crippen molar-refractivity contribution in [2.24, 2.45) is 5.92 Å². The highest BCUT2D eigenvalue weighted by Crippen LogP contribution is 2.33. The lowest BCUT2D eigenvalue weighted by Gasteiger charge is -2.22. The van der Waals surface area contributed by atoms with Crippen molar-refractivity contribution in [1.82, 2.24) is 4.31 Å². The highest BCUT2D eigenvalue weighted by Gasteiger charge is 2.31. The first-order valence-corrected chi connectivity index (χ1v) is 11.3. The molecule has 0 bridgehead atoms. The van der Waals surface area contributed by atoms with Gasteiger partial charge in [0.25, 0.3) is 0 Å². The number of ether oxygens (including phenoxy) is 1. The zero-order valence-electron chi connectivity index (χ0n) is 16.0. The normalized spacial score (nSPS) is 19.3. The van der Waals surface area contributed by atoms with Gasteiger partial charge in [0.1, 0.15) is 5.75 Å². The summed E-state index contributed by atoms with van der Waals surface area (Å²) in [6.07, 6.45) is 1.26. The van der Waals surface area contributed by atoms with Gasteiger partial charge in [-0.15, -0.1) is 0 Å². The Hall–Kier alpha value is -1.81. The molecule has 10 heteroatoms.